The van der Waals surface area contributed by atoms with E-state index in [1.165, 1.54) is 11.3 Å². The van der Waals surface area contributed by atoms with E-state index in [-0.39, 0.29) is 5.91 Å². The number of nitrogens with one attached hydrogen (secondary N) is 1. The zero-order valence-corrected chi connectivity index (χ0v) is 11.8. The molecule has 0 aliphatic heterocycles. The van der Waals surface area contributed by atoms with Crippen LogP contribution in [0.15, 0.2) is 42.5 Å². The Balaban J connectivity index is 1.93. The second-order valence-corrected chi connectivity index (χ2v) is 5.65. The second-order valence-electron chi connectivity index (χ2n) is 4.18. The highest BCUT2D eigenvalue weighted by Gasteiger charge is 2.10. The van der Waals surface area contributed by atoms with Crippen LogP contribution >= 0.6 is 22.9 Å². The SMILES string of the molecule is Nc1nc2c(Cl)cc(NC(=O)c3ccccc3)cc2s1. The molecule has 0 saturated carbocycles. The maximum absolute atomic E-state index is 12.1. The summed E-state index contributed by atoms with van der Waals surface area (Å²) in [5.41, 5.74) is 7.54. The molecule has 0 aliphatic rings. The van der Waals surface area contributed by atoms with E-state index in [1.807, 2.05) is 24.3 Å². The molecule has 4 nitrogen and oxygen atoms in total. The molecule has 0 unspecified atom stereocenters. The quantitative estimate of drug-likeness (QED) is 0.757. The number of rotatable bonds is 2. The van der Waals surface area contributed by atoms with E-state index in [0.717, 1.165) is 4.70 Å². The molecular weight excluding hydrogens is 294 g/mol. The summed E-state index contributed by atoms with van der Waals surface area (Å²) in [5.74, 6) is -0.182. The van der Waals surface area contributed by atoms with Gasteiger partial charge in [-0.1, -0.05) is 41.1 Å². The highest BCUT2D eigenvalue weighted by atomic mass is 35.5. The first-order chi connectivity index (χ1) is 9.63. The maximum Gasteiger partial charge on any atom is 0.255 e. The van der Waals surface area contributed by atoms with Gasteiger partial charge >= 0.3 is 0 Å². The van der Waals surface area contributed by atoms with Crippen LogP contribution in [0.2, 0.25) is 5.02 Å². The fourth-order valence-corrected chi connectivity index (χ4v) is 2.99. The molecule has 1 amide bonds. The summed E-state index contributed by atoms with van der Waals surface area (Å²) in [6.45, 7) is 0. The highest BCUT2D eigenvalue weighted by Crippen LogP contribution is 2.32. The number of hydrogen-bond acceptors (Lipinski definition) is 4. The molecule has 1 aromatic heterocycles. The van der Waals surface area contributed by atoms with E-state index in [9.17, 15) is 4.79 Å². The molecule has 20 heavy (non-hydrogen) atoms. The molecule has 0 radical (unpaired) electrons. The number of carbonyl (C=O) groups excluding carboxylic acids is 1. The minimum Gasteiger partial charge on any atom is -0.375 e. The Morgan fingerprint density at radius 2 is 2.00 bits per heavy atom. The van der Waals surface area contributed by atoms with Gasteiger partial charge in [0, 0.05) is 11.3 Å². The number of thiazole rings is 1. The summed E-state index contributed by atoms with van der Waals surface area (Å²) in [5, 5.41) is 3.74. The second kappa shape index (κ2) is 5.11. The standard InChI is InChI=1S/C14H10ClN3OS/c15-10-6-9(7-11-12(10)18-14(16)20-11)17-13(19)8-4-2-1-3-5-8/h1-7H,(H2,16,18)(H,17,19). The van der Waals surface area contributed by atoms with E-state index in [1.54, 1.807) is 18.2 Å². The molecule has 1 heterocycles. The minimum absolute atomic E-state index is 0.182. The van der Waals surface area contributed by atoms with Crippen molar-refractivity contribution in [2.24, 2.45) is 0 Å². The van der Waals surface area contributed by atoms with Crippen molar-refractivity contribution in [2.75, 3.05) is 11.1 Å². The van der Waals surface area contributed by atoms with Crippen LogP contribution in [0, 0.1) is 0 Å². The molecule has 3 N–H and O–H groups in total. The number of benzene rings is 2. The van der Waals surface area contributed by atoms with Gasteiger partial charge in [-0.15, -0.1) is 0 Å². The lowest BCUT2D eigenvalue weighted by Gasteiger charge is -2.06. The van der Waals surface area contributed by atoms with Crippen LogP contribution in [0.4, 0.5) is 10.8 Å². The normalized spacial score (nSPS) is 10.7. The number of nitrogen functional groups attached to an aromatic ring is 1. The number of amides is 1. The van der Waals surface area contributed by atoms with Gasteiger partial charge in [-0.3, -0.25) is 4.79 Å². The predicted octanol–water partition coefficient (Wildman–Crippen LogP) is 3.78. The Morgan fingerprint density at radius 3 is 2.75 bits per heavy atom. The van der Waals surface area contributed by atoms with E-state index in [4.69, 9.17) is 17.3 Å². The topological polar surface area (TPSA) is 68.0 Å². The molecule has 2 aromatic carbocycles. The number of nitrogens with zero attached hydrogens (tertiary/aromatic N) is 1. The lowest BCUT2D eigenvalue weighted by Crippen LogP contribution is -2.11. The van der Waals surface area contributed by atoms with Crippen LogP contribution in [0.25, 0.3) is 10.2 Å². The van der Waals surface area contributed by atoms with Crippen LogP contribution in [-0.4, -0.2) is 10.9 Å². The zero-order valence-electron chi connectivity index (χ0n) is 10.3. The smallest absolute Gasteiger partial charge is 0.255 e. The molecule has 0 bridgehead atoms. The van der Waals surface area contributed by atoms with Crippen LogP contribution in [0.5, 0.6) is 0 Å². The number of anilines is 2. The molecular formula is C14H10ClN3OS. The summed E-state index contributed by atoms with van der Waals surface area (Å²) in [6, 6.07) is 12.5. The number of hydrogen-bond donors (Lipinski definition) is 2. The largest absolute Gasteiger partial charge is 0.375 e. The van der Waals surface area contributed by atoms with Crippen LogP contribution in [-0.2, 0) is 0 Å². The molecule has 3 aromatic rings. The number of fused-ring (bicyclic) bond motifs is 1. The van der Waals surface area contributed by atoms with Gasteiger partial charge in [0.2, 0.25) is 0 Å². The third kappa shape index (κ3) is 2.45. The van der Waals surface area contributed by atoms with Gasteiger partial charge in [0.1, 0.15) is 5.52 Å². The molecule has 0 saturated heterocycles. The Morgan fingerprint density at radius 1 is 1.25 bits per heavy atom. The first-order valence-corrected chi connectivity index (χ1v) is 7.05. The molecule has 0 atom stereocenters. The Kier molecular flexibility index (Phi) is 3.30. The summed E-state index contributed by atoms with van der Waals surface area (Å²) in [6.07, 6.45) is 0. The van der Waals surface area contributed by atoms with Crippen molar-refractivity contribution < 1.29 is 4.79 Å². The molecule has 0 spiro atoms. The van der Waals surface area contributed by atoms with Gasteiger partial charge in [-0.25, -0.2) is 4.98 Å². The first-order valence-electron chi connectivity index (χ1n) is 5.85. The summed E-state index contributed by atoms with van der Waals surface area (Å²) in [7, 11) is 0. The molecule has 0 fully saturated rings. The lowest BCUT2D eigenvalue weighted by atomic mass is 10.2. The van der Waals surface area contributed by atoms with Crippen molar-refractivity contribution in [2.45, 2.75) is 0 Å². The first kappa shape index (κ1) is 12.9. The Labute approximate surface area is 124 Å². The lowest BCUT2D eigenvalue weighted by molar-refractivity contribution is 0.102. The Hall–Kier alpha value is -2.11. The van der Waals surface area contributed by atoms with Crippen LogP contribution < -0.4 is 11.1 Å². The van der Waals surface area contributed by atoms with E-state index < -0.39 is 0 Å². The van der Waals surface area contributed by atoms with Gasteiger partial charge in [0.25, 0.3) is 5.91 Å². The monoisotopic (exact) mass is 303 g/mol. The van der Waals surface area contributed by atoms with Gasteiger partial charge in [0.05, 0.1) is 9.72 Å². The fraction of sp³-hybridized carbons (Fsp3) is 0. The number of halogens is 1. The van der Waals surface area contributed by atoms with Crippen molar-refractivity contribution in [3.05, 3.63) is 53.1 Å². The van der Waals surface area contributed by atoms with Crippen LogP contribution in [0.3, 0.4) is 0 Å². The number of nitrogens with two attached hydrogens (primary N) is 1. The summed E-state index contributed by atoms with van der Waals surface area (Å²) >= 11 is 7.48. The van der Waals surface area contributed by atoms with Crippen molar-refractivity contribution in [1.29, 1.82) is 0 Å². The average Bonchev–Trinajstić information content (AvgIpc) is 2.81. The summed E-state index contributed by atoms with van der Waals surface area (Å²) in [4.78, 5) is 16.2. The maximum atomic E-state index is 12.1. The molecule has 100 valence electrons. The fourth-order valence-electron chi connectivity index (χ4n) is 1.87. The third-order valence-electron chi connectivity index (χ3n) is 2.76. The van der Waals surface area contributed by atoms with Gasteiger partial charge in [-0.2, -0.15) is 0 Å². The number of carbonyl (C=O) groups is 1. The van der Waals surface area contributed by atoms with Crippen molar-refractivity contribution >= 4 is 49.9 Å². The predicted molar refractivity (Wildman–Crippen MR) is 83.4 cm³/mol. The molecule has 3 rings (SSSR count). The van der Waals surface area contributed by atoms with Crippen molar-refractivity contribution in [3.63, 3.8) is 0 Å². The minimum atomic E-state index is -0.182. The van der Waals surface area contributed by atoms with Gasteiger partial charge in [-0.05, 0) is 24.3 Å². The average molecular weight is 304 g/mol. The number of aromatic nitrogens is 1. The zero-order chi connectivity index (χ0) is 14.1. The van der Waals surface area contributed by atoms with Crippen molar-refractivity contribution in [1.82, 2.24) is 4.98 Å². The Bertz CT molecular complexity index is 786. The molecule has 6 heteroatoms. The van der Waals surface area contributed by atoms with Crippen LogP contribution in [0.1, 0.15) is 10.4 Å². The van der Waals surface area contributed by atoms with E-state index in [0.29, 0.717) is 26.9 Å². The third-order valence-corrected chi connectivity index (χ3v) is 3.88. The van der Waals surface area contributed by atoms with E-state index >= 15 is 0 Å². The molecule has 0 aliphatic carbocycles. The van der Waals surface area contributed by atoms with Gasteiger partial charge in [0.15, 0.2) is 5.13 Å². The van der Waals surface area contributed by atoms with Crippen molar-refractivity contribution in [3.8, 4) is 0 Å². The summed E-state index contributed by atoms with van der Waals surface area (Å²) < 4.78 is 0.846. The van der Waals surface area contributed by atoms with E-state index in [2.05, 4.69) is 10.3 Å². The highest BCUT2D eigenvalue weighted by molar-refractivity contribution is 7.22. The van der Waals surface area contributed by atoms with Gasteiger partial charge < -0.3 is 11.1 Å².